The first-order chi connectivity index (χ1) is 5.34. The van der Waals surface area contributed by atoms with Crippen molar-refractivity contribution in [2.24, 2.45) is 17.8 Å². The van der Waals surface area contributed by atoms with Crippen LogP contribution in [0.3, 0.4) is 0 Å². The maximum Gasteiger partial charge on any atom is 0.0206 e. The smallest absolute Gasteiger partial charge is 0.0206 e. The number of hydrogen-bond donors (Lipinski definition) is 0. The van der Waals surface area contributed by atoms with Gasteiger partial charge in [0.2, 0.25) is 0 Å². The van der Waals surface area contributed by atoms with Crippen molar-refractivity contribution in [2.75, 3.05) is 13.1 Å². The Morgan fingerprint density at radius 1 is 1.18 bits per heavy atom. The third kappa shape index (κ3) is 0.901. The van der Waals surface area contributed by atoms with E-state index >= 15 is 0 Å². The number of fused-ring (bicyclic) bond motifs is 1. The first-order valence-corrected chi connectivity index (χ1v) is 4.78. The molecule has 2 saturated carbocycles. The molecule has 1 heterocycles. The minimum absolute atomic E-state index is 0.882. The zero-order valence-electron chi connectivity index (χ0n) is 6.92. The average Bonchev–Trinajstić information content (AvgIpc) is 2.90. The number of nitrogens with zero attached hydrogens (tertiary/aromatic N) is 1. The summed E-state index contributed by atoms with van der Waals surface area (Å²) in [6.45, 7) is 6.85. The minimum Gasteiger partial charge on any atom is -0.374 e. The molecule has 3 fully saturated rings. The lowest BCUT2D eigenvalue weighted by Gasteiger charge is -2.22. The van der Waals surface area contributed by atoms with Crippen LogP contribution in [0.1, 0.15) is 19.3 Å². The van der Waals surface area contributed by atoms with Gasteiger partial charge in [-0.25, -0.2) is 0 Å². The van der Waals surface area contributed by atoms with Crippen molar-refractivity contribution in [1.29, 1.82) is 0 Å². The molecular formula is C10H15N. The fourth-order valence-electron chi connectivity index (χ4n) is 2.31. The molecule has 2 atom stereocenters. The van der Waals surface area contributed by atoms with Crippen molar-refractivity contribution in [1.82, 2.24) is 4.90 Å². The molecule has 0 amide bonds. The predicted molar refractivity (Wildman–Crippen MR) is 45.0 cm³/mol. The van der Waals surface area contributed by atoms with Crippen molar-refractivity contribution in [3.8, 4) is 0 Å². The Balaban J connectivity index is 1.66. The van der Waals surface area contributed by atoms with E-state index in [0.717, 1.165) is 17.8 Å². The SMILES string of the molecule is C=C(C1CC1)N1CC2CC2C1. The Bertz CT molecular complexity index is 195. The van der Waals surface area contributed by atoms with Crippen molar-refractivity contribution in [3.63, 3.8) is 0 Å². The summed E-state index contributed by atoms with van der Waals surface area (Å²) in [7, 11) is 0. The van der Waals surface area contributed by atoms with Gasteiger partial charge in [-0.15, -0.1) is 0 Å². The lowest BCUT2D eigenvalue weighted by Crippen LogP contribution is -2.22. The van der Waals surface area contributed by atoms with Gasteiger partial charge in [-0.2, -0.15) is 0 Å². The number of piperidine rings is 1. The van der Waals surface area contributed by atoms with Gasteiger partial charge in [0.25, 0.3) is 0 Å². The summed E-state index contributed by atoms with van der Waals surface area (Å²) in [5.74, 6) is 3.00. The second-order valence-electron chi connectivity index (χ2n) is 4.43. The Morgan fingerprint density at radius 2 is 1.82 bits per heavy atom. The van der Waals surface area contributed by atoms with Crippen LogP contribution in [0.25, 0.3) is 0 Å². The highest BCUT2D eigenvalue weighted by Gasteiger charge is 2.46. The lowest BCUT2D eigenvalue weighted by molar-refractivity contribution is 0.364. The van der Waals surface area contributed by atoms with Crippen molar-refractivity contribution in [3.05, 3.63) is 12.3 Å². The molecule has 3 rings (SSSR count). The largest absolute Gasteiger partial charge is 0.374 e. The fourth-order valence-corrected chi connectivity index (χ4v) is 2.31. The van der Waals surface area contributed by atoms with Gasteiger partial charge in [0.1, 0.15) is 0 Å². The quantitative estimate of drug-likeness (QED) is 0.579. The van der Waals surface area contributed by atoms with Crippen LogP contribution in [0.2, 0.25) is 0 Å². The fraction of sp³-hybridized carbons (Fsp3) is 0.800. The third-order valence-corrected chi connectivity index (χ3v) is 3.43. The molecule has 0 N–H and O–H groups in total. The summed E-state index contributed by atoms with van der Waals surface area (Å²) in [4.78, 5) is 2.54. The second-order valence-corrected chi connectivity index (χ2v) is 4.43. The summed E-state index contributed by atoms with van der Waals surface area (Å²) >= 11 is 0. The van der Waals surface area contributed by atoms with E-state index in [1.54, 1.807) is 0 Å². The Labute approximate surface area is 68.1 Å². The summed E-state index contributed by atoms with van der Waals surface area (Å²) in [5.41, 5.74) is 1.46. The summed E-state index contributed by atoms with van der Waals surface area (Å²) < 4.78 is 0. The van der Waals surface area contributed by atoms with E-state index < -0.39 is 0 Å². The van der Waals surface area contributed by atoms with Gasteiger partial charge in [-0.3, -0.25) is 0 Å². The molecule has 3 aliphatic rings. The number of likely N-dealkylation sites (tertiary alicyclic amines) is 1. The number of hydrogen-bond acceptors (Lipinski definition) is 1. The summed E-state index contributed by atoms with van der Waals surface area (Å²) in [5, 5.41) is 0. The van der Waals surface area contributed by atoms with E-state index in [-0.39, 0.29) is 0 Å². The molecule has 0 spiro atoms. The standard InChI is InChI=1S/C10H15N/c1-7(8-2-3-8)11-5-9-4-10(9)6-11/h8-10H,1-6H2. The highest BCUT2D eigenvalue weighted by molar-refractivity contribution is 5.12. The topological polar surface area (TPSA) is 3.24 Å². The molecule has 1 nitrogen and oxygen atoms in total. The highest BCUT2D eigenvalue weighted by Crippen LogP contribution is 2.48. The zero-order valence-corrected chi connectivity index (χ0v) is 6.92. The molecule has 1 saturated heterocycles. The molecule has 0 aromatic heterocycles. The van der Waals surface area contributed by atoms with Crippen molar-refractivity contribution < 1.29 is 0 Å². The van der Waals surface area contributed by atoms with Gasteiger partial charge in [-0.05, 0) is 37.0 Å². The Hall–Kier alpha value is -0.460. The van der Waals surface area contributed by atoms with E-state index in [1.165, 1.54) is 38.0 Å². The minimum atomic E-state index is 0.882. The molecule has 0 radical (unpaired) electrons. The van der Waals surface area contributed by atoms with Crippen LogP contribution in [0.5, 0.6) is 0 Å². The van der Waals surface area contributed by atoms with Gasteiger partial charge in [0, 0.05) is 18.8 Å². The van der Waals surface area contributed by atoms with Crippen molar-refractivity contribution in [2.45, 2.75) is 19.3 Å². The normalized spacial score (nSPS) is 40.5. The highest BCUT2D eigenvalue weighted by atomic mass is 15.2. The molecule has 1 aliphatic heterocycles. The molecular weight excluding hydrogens is 134 g/mol. The molecule has 0 aromatic rings. The van der Waals surface area contributed by atoms with E-state index in [9.17, 15) is 0 Å². The third-order valence-electron chi connectivity index (χ3n) is 3.43. The molecule has 2 aliphatic carbocycles. The molecule has 11 heavy (non-hydrogen) atoms. The number of rotatable bonds is 2. The van der Waals surface area contributed by atoms with Gasteiger partial charge in [-0.1, -0.05) is 6.58 Å². The maximum atomic E-state index is 4.18. The Morgan fingerprint density at radius 3 is 2.36 bits per heavy atom. The summed E-state index contributed by atoms with van der Waals surface area (Å²) in [6.07, 6.45) is 4.32. The van der Waals surface area contributed by atoms with E-state index in [1.807, 2.05) is 0 Å². The molecule has 0 bridgehead atoms. The summed E-state index contributed by atoms with van der Waals surface area (Å²) in [6, 6.07) is 0. The first-order valence-electron chi connectivity index (χ1n) is 4.78. The van der Waals surface area contributed by atoms with Gasteiger partial charge in [0.15, 0.2) is 0 Å². The molecule has 60 valence electrons. The predicted octanol–water partition coefficient (Wildman–Crippen LogP) is 1.86. The molecule has 0 aromatic carbocycles. The van der Waals surface area contributed by atoms with Crippen LogP contribution in [-0.4, -0.2) is 18.0 Å². The molecule has 1 heteroatoms. The zero-order chi connectivity index (χ0) is 7.42. The van der Waals surface area contributed by atoms with Gasteiger partial charge < -0.3 is 4.90 Å². The molecule has 2 unspecified atom stereocenters. The van der Waals surface area contributed by atoms with Gasteiger partial charge >= 0.3 is 0 Å². The maximum absolute atomic E-state index is 4.18. The monoisotopic (exact) mass is 149 g/mol. The van der Waals surface area contributed by atoms with Gasteiger partial charge in [0.05, 0.1) is 0 Å². The van der Waals surface area contributed by atoms with Crippen LogP contribution in [-0.2, 0) is 0 Å². The van der Waals surface area contributed by atoms with Crippen LogP contribution in [0.15, 0.2) is 12.3 Å². The van der Waals surface area contributed by atoms with E-state index in [4.69, 9.17) is 0 Å². The lowest BCUT2D eigenvalue weighted by atomic mass is 10.3. The number of allylic oxidation sites excluding steroid dienone is 1. The second kappa shape index (κ2) is 1.82. The van der Waals surface area contributed by atoms with Crippen LogP contribution in [0.4, 0.5) is 0 Å². The van der Waals surface area contributed by atoms with E-state index in [2.05, 4.69) is 11.5 Å². The van der Waals surface area contributed by atoms with E-state index in [0.29, 0.717) is 0 Å². The Kier molecular flexibility index (Phi) is 1.01. The van der Waals surface area contributed by atoms with Crippen molar-refractivity contribution >= 4 is 0 Å². The average molecular weight is 149 g/mol. The van der Waals surface area contributed by atoms with Crippen LogP contribution < -0.4 is 0 Å². The first kappa shape index (κ1) is 6.10. The van der Waals surface area contributed by atoms with Crippen LogP contribution >= 0.6 is 0 Å². The van der Waals surface area contributed by atoms with Crippen LogP contribution in [0, 0.1) is 17.8 Å².